The highest BCUT2D eigenvalue weighted by atomic mass is 19.3. The van der Waals surface area contributed by atoms with Gasteiger partial charge in [-0.2, -0.15) is 0 Å². The van der Waals surface area contributed by atoms with Crippen molar-refractivity contribution >= 4 is 17.8 Å². The van der Waals surface area contributed by atoms with Crippen molar-refractivity contribution in [2.75, 3.05) is 14.1 Å². The van der Waals surface area contributed by atoms with Crippen LogP contribution in [0.3, 0.4) is 0 Å². The molecule has 3 fully saturated rings. The van der Waals surface area contributed by atoms with Crippen molar-refractivity contribution in [3.63, 3.8) is 0 Å². The number of nitrogens with two attached hydrogens (primary N) is 1. The molecule has 192 valence electrons. The highest BCUT2D eigenvalue weighted by molar-refractivity contribution is 6.07. The van der Waals surface area contributed by atoms with Crippen LogP contribution in [0, 0.1) is 10.8 Å². The molecule has 4 rings (SSSR count). The maximum absolute atomic E-state index is 13.1. The van der Waals surface area contributed by atoms with Crippen LogP contribution in [0.1, 0.15) is 63.0 Å². The summed E-state index contributed by atoms with van der Waals surface area (Å²) in [6.45, 7) is -0.245. The van der Waals surface area contributed by atoms with Crippen LogP contribution in [0.4, 0.5) is 13.6 Å². The lowest BCUT2D eigenvalue weighted by atomic mass is 9.51. The Labute approximate surface area is 199 Å². The van der Waals surface area contributed by atoms with Gasteiger partial charge in [-0.25, -0.2) is 18.4 Å². The summed E-state index contributed by atoms with van der Waals surface area (Å²) < 4.78 is 27.0. The van der Waals surface area contributed by atoms with Crippen molar-refractivity contribution in [3.05, 3.63) is 26.4 Å². The monoisotopic (exact) mass is 496 g/mol. The first-order valence-corrected chi connectivity index (χ1v) is 11.6. The fourth-order valence-electron chi connectivity index (χ4n) is 6.18. The van der Waals surface area contributed by atoms with Gasteiger partial charge >= 0.3 is 11.7 Å². The zero-order valence-corrected chi connectivity index (χ0v) is 19.7. The molecule has 0 unspecified atom stereocenters. The smallest absolute Gasteiger partial charge is 0.334 e. The fraction of sp³-hybridized carbons (Fsp3) is 0.682. The Kier molecular flexibility index (Phi) is 6.00. The van der Waals surface area contributed by atoms with E-state index in [4.69, 9.17) is 11.1 Å². The number of nitrogens with zero attached hydrogens (tertiary/aromatic N) is 4. The number of aromatic nitrogens is 2. The highest BCUT2D eigenvalue weighted by Crippen LogP contribution is 2.61. The van der Waals surface area contributed by atoms with Gasteiger partial charge in [0, 0.05) is 33.1 Å². The predicted molar refractivity (Wildman–Crippen MR) is 121 cm³/mol. The summed E-state index contributed by atoms with van der Waals surface area (Å²) in [5.74, 6) is -1.72. The number of aromatic hydroxyl groups is 1. The second kappa shape index (κ2) is 8.45. The Hall–Kier alpha value is -3.25. The topological polar surface area (TPSA) is 155 Å². The standard InChI is InChI=1S/C22H30F2N6O5/c1-27-18(33)22(28(2)19(27)34)10-21(11-22)7-5-12(6-8-21)30-17(32)14(15(25)26)16(31)29(20(30)35)9-3-4-13(23)24/h12-13,31H,3-11H2,1-2H3,(H3,25,26). The minimum Gasteiger partial charge on any atom is -0.494 e. The summed E-state index contributed by atoms with van der Waals surface area (Å²) in [6.07, 6.45) is -0.0363. The Balaban J connectivity index is 1.57. The molecule has 4 N–H and O–H groups in total. The summed E-state index contributed by atoms with van der Waals surface area (Å²) in [4.78, 5) is 53.7. The van der Waals surface area contributed by atoms with Crippen molar-refractivity contribution in [3.8, 4) is 5.88 Å². The van der Waals surface area contributed by atoms with Crippen LogP contribution >= 0.6 is 0 Å². The number of amidine groups is 1. The Morgan fingerprint density at radius 2 is 1.77 bits per heavy atom. The maximum atomic E-state index is 13.1. The molecule has 11 nitrogen and oxygen atoms in total. The average Bonchev–Trinajstić information content (AvgIpc) is 2.92. The third-order valence-electron chi connectivity index (χ3n) is 8.06. The number of rotatable bonds is 6. The molecule has 1 aromatic heterocycles. The van der Waals surface area contributed by atoms with Gasteiger partial charge in [-0.3, -0.25) is 29.0 Å². The Morgan fingerprint density at radius 1 is 1.17 bits per heavy atom. The third kappa shape index (κ3) is 3.71. The van der Waals surface area contributed by atoms with E-state index in [2.05, 4.69) is 0 Å². The summed E-state index contributed by atoms with van der Waals surface area (Å²) in [5, 5.41) is 18.1. The predicted octanol–water partition coefficient (Wildman–Crippen LogP) is 1.20. The minimum atomic E-state index is -2.58. The largest absolute Gasteiger partial charge is 0.494 e. The molecule has 0 aromatic carbocycles. The number of imide groups is 1. The van der Waals surface area contributed by atoms with E-state index in [1.165, 1.54) is 11.9 Å². The first kappa shape index (κ1) is 24.9. The molecule has 2 aliphatic carbocycles. The van der Waals surface area contributed by atoms with Gasteiger partial charge in [0.15, 0.2) is 0 Å². The van der Waals surface area contributed by atoms with Gasteiger partial charge in [0.05, 0.1) is 0 Å². The van der Waals surface area contributed by atoms with Crippen LogP contribution in [-0.4, -0.2) is 67.9 Å². The highest BCUT2D eigenvalue weighted by Gasteiger charge is 2.66. The number of hydrogen-bond acceptors (Lipinski definition) is 6. The van der Waals surface area contributed by atoms with E-state index in [1.807, 2.05) is 0 Å². The summed E-state index contributed by atoms with van der Waals surface area (Å²) in [6, 6.07) is -0.864. The first-order chi connectivity index (χ1) is 16.3. The third-order valence-corrected chi connectivity index (χ3v) is 8.06. The fourth-order valence-corrected chi connectivity index (χ4v) is 6.18. The number of amides is 3. The molecule has 1 aromatic rings. The van der Waals surface area contributed by atoms with Crippen LogP contribution in [0.25, 0.3) is 0 Å². The molecule has 3 aliphatic rings. The summed E-state index contributed by atoms with van der Waals surface area (Å²) in [7, 11) is 3.09. The number of alkyl halides is 2. The van der Waals surface area contributed by atoms with Crippen LogP contribution in [0.2, 0.25) is 0 Å². The molecule has 13 heteroatoms. The van der Waals surface area contributed by atoms with Gasteiger partial charge in [-0.15, -0.1) is 0 Å². The number of urea groups is 1. The van der Waals surface area contributed by atoms with E-state index >= 15 is 0 Å². The molecular formula is C22H30F2N6O5. The molecule has 2 heterocycles. The lowest BCUT2D eigenvalue weighted by molar-refractivity contribution is -0.148. The zero-order chi connectivity index (χ0) is 25.9. The molecule has 35 heavy (non-hydrogen) atoms. The summed E-state index contributed by atoms with van der Waals surface area (Å²) in [5.41, 5.74) is 2.25. The van der Waals surface area contributed by atoms with E-state index in [0.717, 1.165) is 14.0 Å². The number of likely N-dealkylation sites (N-methyl/N-ethyl adjacent to an activating group) is 2. The maximum Gasteiger partial charge on any atom is 0.334 e. The van der Waals surface area contributed by atoms with Crippen molar-refractivity contribution in [2.24, 2.45) is 11.1 Å². The molecule has 0 bridgehead atoms. The van der Waals surface area contributed by atoms with E-state index in [0.29, 0.717) is 38.5 Å². The number of nitrogens with one attached hydrogen (secondary N) is 1. The molecule has 1 saturated heterocycles. The first-order valence-electron chi connectivity index (χ1n) is 11.6. The lowest BCUT2D eigenvalue weighted by Gasteiger charge is -2.57. The molecular weight excluding hydrogens is 466 g/mol. The molecule has 3 amide bonds. The van der Waals surface area contributed by atoms with Gasteiger partial charge in [0.1, 0.15) is 16.9 Å². The zero-order valence-electron chi connectivity index (χ0n) is 19.7. The lowest BCUT2D eigenvalue weighted by Crippen LogP contribution is -2.63. The van der Waals surface area contributed by atoms with Crippen molar-refractivity contribution in [1.82, 2.24) is 18.9 Å². The SMILES string of the molecule is CN1C(=O)N(C)C2(CC3(CCC(n4c(=O)c(C(=N)N)c(O)n(CCCC(F)F)c4=O)CC3)C2)C1=O. The number of carbonyl (C=O) groups excluding carboxylic acids is 2. The number of carbonyl (C=O) groups is 2. The van der Waals surface area contributed by atoms with E-state index in [9.17, 15) is 33.1 Å². The quantitative estimate of drug-likeness (QED) is 0.305. The molecule has 2 spiro atoms. The van der Waals surface area contributed by atoms with Gasteiger partial charge < -0.3 is 15.7 Å². The number of nitrogen functional groups attached to an aromatic ring is 1. The van der Waals surface area contributed by atoms with Crippen molar-refractivity contribution in [1.29, 1.82) is 5.41 Å². The molecule has 1 aliphatic heterocycles. The normalized spacial score (nSPS) is 28.4. The van der Waals surface area contributed by atoms with Crippen LogP contribution in [0.15, 0.2) is 9.59 Å². The summed E-state index contributed by atoms with van der Waals surface area (Å²) >= 11 is 0. The number of halogens is 2. The molecule has 0 atom stereocenters. The number of hydrogen-bond donors (Lipinski definition) is 3. The van der Waals surface area contributed by atoms with Gasteiger partial charge in [-0.1, -0.05) is 0 Å². The van der Waals surface area contributed by atoms with Crippen LogP contribution < -0.4 is 17.0 Å². The Morgan fingerprint density at radius 3 is 2.26 bits per heavy atom. The van der Waals surface area contributed by atoms with Crippen molar-refractivity contribution < 1.29 is 23.5 Å². The van der Waals surface area contributed by atoms with E-state index in [1.54, 1.807) is 7.05 Å². The molecule has 2 saturated carbocycles. The average molecular weight is 497 g/mol. The van der Waals surface area contributed by atoms with E-state index < -0.39 is 53.0 Å². The Bertz CT molecular complexity index is 1190. The molecule has 0 radical (unpaired) electrons. The second-order valence-corrected chi connectivity index (χ2v) is 10.1. The van der Waals surface area contributed by atoms with Gasteiger partial charge in [0.2, 0.25) is 12.3 Å². The van der Waals surface area contributed by atoms with Gasteiger partial charge in [-0.05, 0) is 50.4 Å². The van der Waals surface area contributed by atoms with Crippen molar-refractivity contribution in [2.45, 2.75) is 75.9 Å². The minimum absolute atomic E-state index is 0.106. The van der Waals surface area contributed by atoms with Crippen LogP contribution in [-0.2, 0) is 11.3 Å². The second-order valence-electron chi connectivity index (χ2n) is 10.1. The van der Waals surface area contributed by atoms with Crippen LogP contribution in [0.5, 0.6) is 5.88 Å². The van der Waals surface area contributed by atoms with Gasteiger partial charge in [0.25, 0.3) is 11.5 Å². The van der Waals surface area contributed by atoms with E-state index in [-0.39, 0.29) is 30.3 Å².